The molecular formula is C24H33N7O3S. The molecule has 2 aromatic heterocycles. The summed E-state index contributed by atoms with van der Waals surface area (Å²) in [7, 11) is 0. The molecule has 0 unspecified atom stereocenters. The summed E-state index contributed by atoms with van der Waals surface area (Å²) in [5, 5.41) is 43.7. The number of anilines is 1. The van der Waals surface area contributed by atoms with Crippen LogP contribution < -0.4 is 5.32 Å². The van der Waals surface area contributed by atoms with Crippen LogP contribution in [0.1, 0.15) is 44.2 Å². The summed E-state index contributed by atoms with van der Waals surface area (Å²) in [5.41, 5.74) is 2.39. The van der Waals surface area contributed by atoms with E-state index < -0.39 is 24.4 Å². The van der Waals surface area contributed by atoms with Gasteiger partial charge in [-0.05, 0) is 31.2 Å². The fraction of sp³-hybridized carbons (Fsp3) is 0.583. The van der Waals surface area contributed by atoms with Gasteiger partial charge in [0.2, 0.25) is 0 Å². The lowest BCUT2D eigenvalue weighted by molar-refractivity contribution is -0.107. The topological polar surface area (TPSA) is 132 Å². The number of nitrogens with zero attached hydrogens (tertiary/aromatic N) is 6. The van der Waals surface area contributed by atoms with Crippen molar-refractivity contribution in [2.75, 3.05) is 24.2 Å². The molecule has 3 heterocycles. The minimum absolute atomic E-state index is 0.225. The molecule has 35 heavy (non-hydrogen) atoms. The summed E-state index contributed by atoms with van der Waals surface area (Å²) < 4.78 is 1.59. The molecule has 0 bridgehead atoms. The van der Waals surface area contributed by atoms with Crippen LogP contribution in [0.4, 0.5) is 5.82 Å². The summed E-state index contributed by atoms with van der Waals surface area (Å²) in [5.74, 6) is 1.54. The van der Waals surface area contributed by atoms with Crippen LogP contribution in [-0.2, 0) is 6.54 Å². The number of thioether (sulfide) groups is 1. The first-order valence-corrected chi connectivity index (χ1v) is 13.3. The van der Waals surface area contributed by atoms with Gasteiger partial charge in [-0.3, -0.25) is 4.90 Å². The van der Waals surface area contributed by atoms with Gasteiger partial charge >= 0.3 is 0 Å². The number of nitrogens with one attached hydrogen (secondary N) is 1. The van der Waals surface area contributed by atoms with E-state index in [1.807, 2.05) is 6.07 Å². The fourth-order valence-electron chi connectivity index (χ4n) is 4.93. The molecule has 5 rings (SSSR count). The van der Waals surface area contributed by atoms with Crippen LogP contribution in [0.3, 0.4) is 0 Å². The van der Waals surface area contributed by atoms with Crippen molar-refractivity contribution < 1.29 is 15.3 Å². The van der Waals surface area contributed by atoms with Crippen LogP contribution in [0, 0.1) is 0 Å². The zero-order valence-corrected chi connectivity index (χ0v) is 20.7. The molecule has 1 aromatic carbocycles. The second-order valence-corrected chi connectivity index (χ2v) is 10.5. The Morgan fingerprint density at radius 2 is 1.89 bits per heavy atom. The van der Waals surface area contributed by atoms with Crippen molar-refractivity contribution in [3.05, 3.63) is 35.9 Å². The first kappa shape index (κ1) is 24.4. The van der Waals surface area contributed by atoms with Gasteiger partial charge < -0.3 is 20.6 Å². The SMILES string of the molecule is CCCSc1nc(N[C@@H]2CCN(Cc3ccccc3)C2)c2nnn([C@@H]3CC[C@H](O)[C@@H](O)[C@H]3O)c2n1. The quantitative estimate of drug-likeness (QED) is 0.269. The molecule has 1 aliphatic heterocycles. The summed E-state index contributed by atoms with van der Waals surface area (Å²) in [6, 6.07) is 10.2. The average Bonchev–Trinajstić information content (AvgIpc) is 3.49. The number of aliphatic hydroxyl groups is 3. The maximum absolute atomic E-state index is 10.6. The first-order chi connectivity index (χ1) is 17.0. The molecule has 3 aromatic rings. The number of rotatable bonds is 8. The van der Waals surface area contributed by atoms with Crippen LogP contribution in [0.25, 0.3) is 11.2 Å². The van der Waals surface area contributed by atoms with E-state index in [-0.39, 0.29) is 6.04 Å². The van der Waals surface area contributed by atoms with Gasteiger partial charge in [0.15, 0.2) is 22.1 Å². The zero-order valence-electron chi connectivity index (χ0n) is 19.9. The largest absolute Gasteiger partial charge is 0.390 e. The van der Waals surface area contributed by atoms with Crippen molar-refractivity contribution in [2.24, 2.45) is 0 Å². The highest BCUT2D eigenvalue weighted by Gasteiger charge is 2.39. The molecule has 1 saturated carbocycles. The fourth-order valence-corrected chi connectivity index (χ4v) is 5.62. The van der Waals surface area contributed by atoms with E-state index in [1.165, 1.54) is 5.56 Å². The van der Waals surface area contributed by atoms with Crippen LogP contribution in [0.15, 0.2) is 35.5 Å². The molecule has 11 heteroatoms. The number of hydrogen-bond acceptors (Lipinski definition) is 10. The van der Waals surface area contributed by atoms with Gasteiger partial charge in [-0.2, -0.15) is 0 Å². The van der Waals surface area contributed by atoms with Crippen LogP contribution in [0.5, 0.6) is 0 Å². The standard InChI is InChI=1S/C24H33N7O3S/c1-2-12-35-24-26-22(25-16-10-11-30(14-16)13-15-6-4-3-5-7-15)19-23(27-24)31(29-28-19)17-8-9-18(32)21(34)20(17)33/h3-7,16-18,20-21,32-34H,2,8-14H2,1H3,(H,25,26,27)/t16-,17-,18+,20+,21-/m1/s1. The molecule has 0 radical (unpaired) electrons. The Balaban J connectivity index is 1.38. The molecule has 2 fully saturated rings. The van der Waals surface area contributed by atoms with Gasteiger partial charge in [-0.1, -0.05) is 54.2 Å². The molecule has 5 atom stereocenters. The van der Waals surface area contributed by atoms with E-state index >= 15 is 0 Å². The van der Waals surface area contributed by atoms with Gasteiger partial charge in [-0.25, -0.2) is 14.6 Å². The number of benzene rings is 1. The van der Waals surface area contributed by atoms with E-state index in [1.54, 1.807) is 16.4 Å². The molecule has 0 amide bonds. The highest BCUT2D eigenvalue weighted by Crippen LogP contribution is 2.33. The maximum atomic E-state index is 10.6. The third-order valence-corrected chi connectivity index (χ3v) is 7.86. The Labute approximate surface area is 208 Å². The van der Waals surface area contributed by atoms with E-state index in [0.717, 1.165) is 38.2 Å². The van der Waals surface area contributed by atoms with Crippen molar-refractivity contribution in [3.8, 4) is 0 Å². The van der Waals surface area contributed by atoms with E-state index in [0.29, 0.717) is 35.0 Å². The highest BCUT2D eigenvalue weighted by molar-refractivity contribution is 7.99. The second-order valence-electron chi connectivity index (χ2n) is 9.45. The predicted molar refractivity (Wildman–Crippen MR) is 134 cm³/mol. The highest BCUT2D eigenvalue weighted by atomic mass is 32.2. The van der Waals surface area contributed by atoms with Gasteiger partial charge in [-0.15, -0.1) is 5.10 Å². The van der Waals surface area contributed by atoms with Gasteiger partial charge in [0.1, 0.15) is 12.2 Å². The molecule has 2 aliphatic rings. The normalized spacial score (nSPS) is 27.5. The summed E-state index contributed by atoms with van der Waals surface area (Å²) in [6.07, 6.45) is -0.487. The maximum Gasteiger partial charge on any atom is 0.191 e. The average molecular weight is 500 g/mol. The van der Waals surface area contributed by atoms with Crippen molar-refractivity contribution >= 4 is 28.7 Å². The molecule has 10 nitrogen and oxygen atoms in total. The third-order valence-electron chi connectivity index (χ3n) is 6.81. The lowest BCUT2D eigenvalue weighted by Gasteiger charge is -2.34. The number of likely N-dealkylation sites (tertiary alicyclic amines) is 1. The predicted octanol–water partition coefficient (Wildman–Crippen LogP) is 1.83. The van der Waals surface area contributed by atoms with Crippen molar-refractivity contribution in [1.29, 1.82) is 0 Å². The van der Waals surface area contributed by atoms with E-state index in [9.17, 15) is 15.3 Å². The number of fused-ring (bicyclic) bond motifs is 1. The molecular weight excluding hydrogens is 466 g/mol. The lowest BCUT2D eigenvalue weighted by Crippen LogP contribution is -2.47. The summed E-state index contributed by atoms with van der Waals surface area (Å²) in [4.78, 5) is 11.9. The van der Waals surface area contributed by atoms with Crippen LogP contribution >= 0.6 is 11.8 Å². The Morgan fingerprint density at radius 1 is 1.06 bits per heavy atom. The molecule has 4 N–H and O–H groups in total. The molecule has 1 saturated heterocycles. The molecule has 188 valence electrons. The summed E-state index contributed by atoms with van der Waals surface area (Å²) in [6.45, 7) is 4.93. The van der Waals surface area contributed by atoms with Crippen molar-refractivity contribution in [3.63, 3.8) is 0 Å². The second kappa shape index (κ2) is 10.8. The Kier molecular flexibility index (Phi) is 7.49. The number of aromatic nitrogens is 5. The molecule has 0 spiro atoms. The van der Waals surface area contributed by atoms with Crippen molar-refractivity contribution in [1.82, 2.24) is 29.9 Å². The minimum Gasteiger partial charge on any atom is -0.390 e. The van der Waals surface area contributed by atoms with Crippen molar-refractivity contribution in [2.45, 2.75) is 74.7 Å². The minimum atomic E-state index is -1.23. The smallest absolute Gasteiger partial charge is 0.191 e. The van der Waals surface area contributed by atoms with Crippen LogP contribution in [-0.4, -0.2) is 88.4 Å². The van der Waals surface area contributed by atoms with Gasteiger partial charge in [0.25, 0.3) is 0 Å². The Morgan fingerprint density at radius 3 is 2.69 bits per heavy atom. The molecule has 1 aliphatic carbocycles. The Bertz CT molecular complexity index is 1130. The first-order valence-electron chi connectivity index (χ1n) is 12.4. The van der Waals surface area contributed by atoms with Gasteiger partial charge in [0, 0.05) is 31.4 Å². The third kappa shape index (κ3) is 5.29. The van der Waals surface area contributed by atoms with E-state index in [2.05, 4.69) is 51.7 Å². The van der Waals surface area contributed by atoms with Crippen LogP contribution in [0.2, 0.25) is 0 Å². The Hall–Kier alpha value is -2.31. The lowest BCUT2D eigenvalue weighted by atomic mass is 9.88. The monoisotopic (exact) mass is 499 g/mol. The van der Waals surface area contributed by atoms with Gasteiger partial charge in [0.05, 0.1) is 12.1 Å². The zero-order chi connectivity index (χ0) is 24.4. The van der Waals surface area contributed by atoms with E-state index in [4.69, 9.17) is 9.97 Å². The number of hydrogen-bond donors (Lipinski definition) is 4. The number of aliphatic hydroxyl groups excluding tert-OH is 3. The summed E-state index contributed by atoms with van der Waals surface area (Å²) >= 11 is 1.58.